The molecule has 34 heavy (non-hydrogen) atoms. The van der Waals surface area contributed by atoms with Gasteiger partial charge in [-0.15, -0.1) is 11.3 Å². The van der Waals surface area contributed by atoms with Gasteiger partial charge >= 0.3 is 5.97 Å². The van der Waals surface area contributed by atoms with E-state index in [9.17, 15) is 19.2 Å². The Kier molecular flexibility index (Phi) is 6.94. The molecule has 6 nitrogen and oxygen atoms in total. The number of nitrogens with one attached hydrogen (secondary N) is 1. The summed E-state index contributed by atoms with van der Waals surface area (Å²) in [5.41, 5.74) is 1.81. The van der Waals surface area contributed by atoms with Crippen LogP contribution in [0.1, 0.15) is 46.8 Å². The van der Waals surface area contributed by atoms with E-state index in [2.05, 4.69) is 12.2 Å². The molecule has 2 aromatic heterocycles. The molecule has 0 radical (unpaired) electrons. The molecule has 4 rings (SSSR count). The first-order chi connectivity index (χ1) is 16.4. The number of benzene rings is 1. The molecule has 2 heterocycles. The summed E-state index contributed by atoms with van der Waals surface area (Å²) in [6.45, 7) is 4.12. The van der Waals surface area contributed by atoms with Gasteiger partial charge in [0, 0.05) is 16.5 Å². The van der Waals surface area contributed by atoms with Gasteiger partial charge in [-0.3, -0.25) is 4.79 Å². The molecule has 1 N–H and O–H groups in total. The molecule has 0 spiro atoms. The van der Waals surface area contributed by atoms with Crippen molar-refractivity contribution in [2.75, 3.05) is 11.9 Å². The second-order valence-electron chi connectivity index (χ2n) is 8.11. The Labute approximate surface area is 200 Å². The lowest BCUT2D eigenvalue weighted by Crippen LogP contribution is -2.17. The van der Waals surface area contributed by atoms with Crippen molar-refractivity contribution in [2.45, 2.75) is 33.1 Å². The van der Waals surface area contributed by atoms with Crippen molar-refractivity contribution in [1.82, 2.24) is 0 Å². The van der Waals surface area contributed by atoms with Gasteiger partial charge in [-0.05, 0) is 74.1 Å². The molecule has 1 aromatic carbocycles. The van der Waals surface area contributed by atoms with Gasteiger partial charge in [-0.1, -0.05) is 6.92 Å². The molecule has 0 saturated carbocycles. The molecule has 0 bridgehead atoms. The van der Waals surface area contributed by atoms with Crippen molar-refractivity contribution in [3.05, 3.63) is 69.6 Å². The highest BCUT2D eigenvalue weighted by Gasteiger charge is 2.29. The summed E-state index contributed by atoms with van der Waals surface area (Å²) in [6.07, 6.45) is 3.88. The van der Waals surface area contributed by atoms with Gasteiger partial charge < -0.3 is 14.5 Å². The summed E-state index contributed by atoms with van der Waals surface area (Å²) in [5, 5.41) is 12.7. The van der Waals surface area contributed by atoms with E-state index in [1.54, 1.807) is 31.2 Å². The Morgan fingerprint density at radius 3 is 2.76 bits per heavy atom. The van der Waals surface area contributed by atoms with Gasteiger partial charge in [-0.2, -0.15) is 5.26 Å². The normalized spacial score (nSPS) is 15.4. The fourth-order valence-corrected chi connectivity index (χ4v) is 5.31. The van der Waals surface area contributed by atoms with Crippen LogP contribution < -0.4 is 5.32 Å². The molecule has 1 atom stereocenters. The minimum Gasteiger partial charge on any atom is -0.462 e. The molecule has 174 valence electrons. The zero-order chi connectivity index (χ0) is 24.2. The van der Waals surface area contributed by atoms with Gasteiger partial charge in [0.15, 0.2) is 0 Å². The first-order valence-corrected chi connectivity index (χ1v) is 11.8. The van der Waals surface area contributed by atoms with Gasteiger partial charge in [0.25, 0.3) is 5.91 Å². The van der Waals surface area contributed by atoms with Gasteiger partial charge in [0.1, 0.15) is 34.0 Å². The van der Waals surface area contributed by atoms with Crippen LogP contribution in [-0.4, -0.2) is 18.5 Å². The summed E-state index contributed by atoms with van der Waals surface area (Å²) in [6, 6.07) is 11.0. The van der Waals surface area contributed by atoms with Crippen molar-refractivity contribution < 1.29 is 23.1 Å². The lowest BCUT2D eigenvalue weighted by molar-refractivity contribution is -0.112. The number of carbonyl (C=O) groups excluding carboxylic acids is 2. The van der Waals surface area contributed by atoms with Crippen LogP contribution in [-0.2, 0) is 22.4 Å². The number of fused-ring (bicyclic) bond motifs is 1. The Morgan fingerprint density at radius 1 is 1.29 bits per heavy atom. The maximum atomic E-state index is 13.2. The summed E-state index contributed by atoms with van der Waals surface area (Å²) in [7, 11) is 0. The number of halogens is 1. The van der Waals surface area contributed by atoms with Crippen molar-refractivity contribution in [2.24, 2.45) is 5.92 Å². The molecule has 1 amide bonds. The second kappa shape index (κ2) is 10.1. The van der Waals surface area contributed by atoms with Gasteiger partial charge in [0.05, 0.1) is 12.2 Å². The topological polar surface area (TPSA) is 92.3 Å². The zero-order valence-corrected chi connectivity index (χ0v) is 19.6. The minimum absolute atomic E-state index is 0.172. The molecule has 1 aliphatic carbocycles. The fraction of sp³-hybridized carbons (Fsp3) is 0.269. The number of carbonyl (C=O) groups is 2. The van der Waals surface area contributed by atoms with Crippen LogP contribution in [0, 0.1) is 23.1 Å². The highest BCUT2D eigenvalue weighted by molar-refractivity contribution is 7.17. The monoisotopic (exact) mass is 478 g/mol. The van der Waals surface area contributed by atoms with Gasteiger partial charge in [-0.25, -0.2) is 9.18 Å². The Balaban J connectivity index is 1.59. The average Bonchev–Trinajstić information content (AvgIpc) is 3.42. The van der Waals surface area contributed by atoms with E-state index in [0.29, 0.717) is 33.6 Å². The standard InChI is InChI=1S/C26H23FN2O4S/c1-3-32-26(31)23-20-10-4-15(2)12-22(20)34-25(23)29-24(30)17(14-28)13-19-9-11-21(33-19)16-5-7-18(27)8-6-16/h5-9,11,13,15H,3-4,10,12H2,1-2H3,(H,29,30)/b17-13+. The first kappa shape index (κ1) is 23.5. The van der Waals surface area contributed by atoms with Crippen LogP contribution in [0.15, 0.2) is 46.4 Å². The highest BCUT2D eigenvalue weighted by Crippen LogP contribution is 2.40. The van der Waals surface area contributed by atoms with Crippen LogP contribution in [0.4, 0.5) is 9.39 Å². The van der Waals surface area contributed by atoms with E-state index in [4.69, 9.17) is 9.15 Å². The predicted molar refractivity (Wildman–Crippen MR) is 128 cm³/mol. The van der Waals surface area contributed by atoms with E-state index < -0.39 is 11.9 Å². The predicted octanol–water partition coefficient (Wildman–Crippen LogP) is 5.99. The summed E-state index contributed by atoms with van der Waals surface area (Å²) in [4.78, 5) is 26.7. The maximum Gasteiger partial charge on any atom is 0.341 e. The Morgan fingerprint density at radius 2 is 2.06 bits per heavy atom. The van der Waals surface area contributed by atoms with Gasteiger partial charge in [0.2, 0.25) is 0 Å². The van der Waals surface area contributed by atoms with Crippen LogP contribution in [0.2, 0.25) is 0 Å². The summed E-state index contributed by atoms with van der Waals surface area (Å²) in [5.74, 6) is -0.189. The number of furan rings is 1. The van der Waals surface area contributed by atoms with E-state index in [1.807, 2.05) is 6.07 Å². The number of ether oxygens (including phenoxy) is 1. The molecule has 0 fully saturated rings. The number of nitriles is 1. The first-order valence-electron chi connectivity index (χ1n) is 11.0. The molecular formula is C26H23FN2O4S. The molecule has 0 aliphatic heterocycles. The van der Waals surface area contributed by atoms with Crippen molar-refractivity contribution in [3.63, 3.8) is 0 Å². The number of thiophene rings is 1. The molecular weight excluding hydrogens is 455 g/mol. The van der Waals surface area contributed by atoms with E-state index in [-0.39, 0.29) is 18.0 Å². The van der Waals surface area contributed by atoms with Crippen molar-refractivity contribution in [3.8, 4) is 17.4 Å². The SMILES string of the molecule is CCOC(=O)c1c(NC(=O)/C(C#N)=C/c2ccc(-c3ccc(F)cc3)o2)sc2c1CCC(C)C2. The third kappa shape index (κ3) is 4.95. The molecule has 0 saturated heterocycles. The number of esters is 1. The Bertz CT molecular complexity index is 1300. The fourth-order valence-electron chi connectivity index (χ4n) is 3.92. The molecule has 3 aromatic rings. The summed E-state index contributed by atoms with van der Waals surface area (Å²) < 4.78 is 24.1. The average molecular weight is 479 g/mol. The minimum atomic E-state index is -0.639. The molecule has 1 aliphatic rings. The summed E-state index contributed by atoms with van der Waals surface area (Å²) >= 11 is 1.36. The van der Waals surface area contributed by atoms with E-state index in [0.717, 1.165) is 29.7 Å². The maximum absolute atomic E-state index is 13.2. The lowest BCUT2D eigenvalue weighted by Gasteiger charge is -2.18. The molecule has 8 heteroatoms. The van der Waals surface area contributed by atoms with Crippen molar-refractivity contribution >= 4 is 34.3 Å². The van der Waals surface area contributed by atoms with Crippen molar-refractivity contribution in [1.29, 1.82) is 5.26 Å². The molecule has 1 unspecified atom stereocenters. The largest absolute Gasteiger partial charge is 0.462 e. The van der Waals surface area contributed by atoms with Crippen LogP contribution in [0.5, 0.6) is 0 Å². The third-order valence-electron chi connectivity index (χ3n) is 5.63. The highest BCUT2D eigenvalue weighted by atomic mass is 32.1. The zero-order valence-electron chi connectivity index (χ0n) is 18.8. The smallest absolute Gasteiger partial charge is 0.341 e. The second-order valence-corrected chi connectivity index (χ2v) is 9.21. The Hall–Kier alpha value is -3.70. The number of nitrogens with zero attached hydrogens (tertiary/aromatic N) is 1. The third-order valence-corrected chi connectivity index (χ3v) is 6.80. The number of anilines is 1. The van der Waals surface area contributed by atoms with E-state index >= 15 is 0 Å². The van der Waals surface area contributed by atoms with Crippen LogP contribution in [0.3, 0.4) is 0 Å². The lowest BCUT2D eigenvalue weighted by atomic mass is 9.88. The number of rotatable bonds is 6. The number of amides is 1. The number of hydrogen-bond acceptors (Lipinski definition) is 6. The quantitative estimate of drug-likeness (QED) is 0.267. The van der Waals surface area contributed by atoms with E-state index in [1.165, 1.54) is 29.5 Å². The number of hydrogen-bond donors (Lipinski definition) is 1. The van der Waals surface area contributed by atoms with Crippen LogP contribution in [0.25, 0.3) is 17.4 Å². The van der Waals surface area contributed by atoms with Crippen LogP contribution >= 0.6 is 11.3 Å².